The van der Waals surface area contributed by atoms with Crippen molar-refractivity contribution in [3.63, 3.8) is 0 Å². The molecule has 0 unspecified atom stereocenters. The molecule has 0 saturated carbocycles. The Morgan fingerprint density at radius 2 is 2.15 bits per heavy atom. The van der Waals surface area contributed by atoms with Crippen LogP contribution in [0.1, 0.15) is 53.4 Å². The van der Waals surface area contributed by atoms with Gasteiger partial charge in [0.25, 0.3) is 11.8 Å². The Bertz CT molecular complexity index is 865. The van der Waals surface area contributed by atoms with Gasteiger partial charge in [-0.3, -0.25) is 4.79 Å². The Kier molecular flexibility index (Phi) is 4.79. The lowest BCUT2D eigenvalue weighted by molar-refractivity contribution is 0.0710. The van der Waals surface area contributed by atoms with E-state index in [4.69, 9.17) is 8.83 Å². The molecule has 1 amide bonds. The maximum Gasteiger partial charge on any atom is 0.267 e. The average Bonchev–Trinajstić information content (AvgIpc) is 3.42. The number of piperidine rings is 1. The van der Waals surface area contributed by atoms with Gasteiger partial charge in [-0.15, -0.1) is 15.3 Å². The third kappa shape index (κ3) is 3.26. The number of carbonyl (C=O) groups is 1. The molecule has 8 nitrogen and oxygen atoms in total. The average molecular weight is 373 g/mol. The number of aryl methyl sites for hydroxylation is 1. The molecule has 0 atom stereocenters. The molecule has 0 N–H and O–H groups in total. The molecule has 3 aromatic heterocycles. The largest absolute Gasteiger partial charge is 0.472 e. The fourth-order valence-electron chi connectivity index (χ4n) is 3.15. The van der Waals surface area contributed by atoms with Crippen molar-refractivity contribution in [1.29, 1.82) is 0 Å². The second-order valence-corrected chi connectivity index (χ2v) is 7.08. The molecule has 1 fully saturated rings. The smallest absolute Gasteiger partial charge is 0.267 e. The number of likely N-dealkylation sites (tertiary alicyclic amines) is 1. The summed E-state index contributed by atoms with van der Waals surface area (Å²) >= 11 is 1.19. The number of carbonyl (C=O) groups excluding carboxylic acids is 1. The number of furan rings is 1. The molecule has 1 aliphatic rings. The maximum absolute atomic E-state index is 12.8. The van der Waals surface area contributed by atoms with Gasteiger partial charge in [-0.1, -0.05) is 17.8 Å². The van der Waals surface area contributed by atoms with Crippen LogP contribution >= 0.6 is 11.5 Å². The summed E-state index contributed by atoms with van der Waals surface area (Å²) in [4.78, 5) is 15.3. The number of rotatable bonds is 5. The van der Waals surface area contributed by atoms with Crippen LogP contribution in [0.3, 0.4) is 0 Å². The van der Waals surface area contributed by atoms with E-state index in [0.717, 1.165) is 36.9 Å². The van der Waals surface area contributed by atoms with Crippen molar-refractivity contribution in [3.05, 3.63) is 35.1 Å². The zero-order chi connectivity index (χ0) is 17.9. The Morgan fingerprint density at radius 3 is 2.88 bits per heavy atom. The summed E-state index contributed by atoms with van der Waals surface area (Å²) in [5.74, 6) is 1.29. The molecule has 0 spiro atoms. The van der Waals surface area contributed by atoms with Crippen molar-refractivity contribution in [2.45, 2.75) is 38.5 Å². The summed E-state index contributed by atoms with van der Waals surface area (Å²) in [6.45, 7) is 3.40. The monoisotopic (exact) mass is 373 g/mol. The van der Waals surface area contributed by atoms with Crippen LogP contribution in [0.25, 0.3) is 11.5 Å². The van der Waals surface area contributed by atoms with Gasteiger partial charge in [-0.05, 0) is 36.9 Å². The van der Waals surface area contributed by atoms with Crippen molar-refractivity contribution in [2.75, 3.05) is 13.1 Å². The molecule has 1 aliphatic heterocycles. The van der Waals surface area contributed by atoms with Crippen LogP contribution in [0.5, 0.6) is 0 Å². The molecule has 4 rings (SSSR count). The van der Waals surface area contributed by atoms with E-state index < -0.39 is 0 Å². The highest BCUT2D eigenvalue weighted by Crippen LogP contribution is 2.30. The predicted molar refractivity (Wildman–Crippen MR) is 93.8 cm³/mol. The molecule has 9 heteroatoms. The summed E-state index contributed by atoms with van der Waals surface area (Å²) in [5.41, 5.74) is 1.59. The Morgan fingerprint density at radius 1 is 1.31 bits per heavy atom. The fraction of sp³-hybridized carbons (Fsp3) is 0.471. The molecular formula is C17H19N5O3S. The molecule has 3 aromatic rings. The van der Waals surface area contributed by atoms with Gasteiger partial charge in [0.05, 0.1) is 17.5 Å². The summed E-state index contributed by atoms with van der Waals surface area (Å²) in [6, 6.07) is 1.79. The fourth-order valence-corrected chi connectivity index (χ4v) is 3.82. The molecular weight excluding hydrogens is 354 g/mol. The van der Waals surface area contributed by atoms with E-state index in [-0.39, 0.29) is 11.8 Å². The summed E-state index contributed by atoms with van der Waals surface area (Å²) in [6.07, 6.45) is 6.49. The predicted octanol–water partition coefficient (Wildman–Crippen LogP) is 3.15. The highest BCUT2D eigenvalue weighted by atomic mass is 32.1. The third-order valence-corrected chi connectivity index (χ3v) is 5.33. The van der Waals surface area contributed by atoms with Crippen LogP contribution in [-0.4, -0.2) is 43.7 Å². The van der Waals surface area contributed by atoms with Gasteiger partial charge in [0.1, 0.15) is 11.1 Å². The van der Waals surface area contributed by atoms with Crippen LogP contribution in [0, 0.1) is 0 Å². The first kappa shape index (κ1) is 16.9. The van der Waals surface area contributed by atoms with Crippen LogP contribution in [0.15, 0.2) is 27.4 Å². The molecule has 0 aliphatic carbocycles. The zero-order valence-corrected chi connectivity index (χ0v) is 15.2. The molecule has 26 heavy (non-hydrogen) atoms. The number of aromatic nitrogens is 4. The minimum atomic E-state index is 0.0338. The first-order valence-corrected chi connectivity index (χ1v) is 9.50. The van der Waals surface area contributed by atoms with Crippen LogP contribution in [-0.2, 0) is 6.42 Å². The number of hydrogen-bond acceptors (Lipinski definition) is 8. The van der Waals surface area contributed by atoms with E-state index in [1.807, 2.05) is 4.90 Å². The lowest BCUT2D eigenvalue weighted by Crippen LogP contribution is -2.38. The van der Waals surface area contributed by atoms with Gasteiger partial charge < -0.3 is 13.7 Å². The van der Waals surface area contributed by atoms with Crippen molar-refractivity contribution in [1.82, 2.24) is 24.7 Å². The first-order chi connectivity index (χ1) is 12.8. The SMILES string of the molecule is CCCc1nnsc1C(=O)N1CCC(c2nnc(-c3ccoc3)o2)CC1. The highest BCUT2D eigenvalue weighted by Gasteiger charge is 2.30. The van der Waals surface area contributed by atoms with Gasteiger partial charge >= 0.3 is 0 Å². The normalized spacial score (nSPS) is 15.5. The van der Waals surface area contributed by atoms with E-state index in [1.165, 1.54) is 11.5 Å². The molecule has 0 aromatic carbocycles. The van der Waals surface area contributed by atoms with Gasteiger partial charge in [0.2, 0.25) is 5.89 Å². The van der Waals surface area contributed by atoms with E-state index >= 15 is 0 Å². The van der Waals surface area contributed by atoms with Gasteiger partial charge in [0.15, 0.2) is 0 Å². The maximum atomic E-state index is 12.8. The van der Waals surface area contributed by atoms with Crippen molar-refractivity contribution >= 4 is 17.4 Å². The molecule has 0 bridgehead atoms. The minimum absolute atomic E-state index is 0.0338. The van der Waals surface area contributed by atoms with E-state index in [2.05, 4.69) is 26.7 Å². The summed E-state index contributed by atoms with van der Waals surface area (Å²) in [5, 5.41) is 12.4. The van der Waals surface area contributed by atoms with Crippen LogP contribution in [0.4, 0.5) is 0 Å². The molecule has 136 valence electrons. The lowest BCUT2D eigenvalue weighted by Gasteiger charge is -2.30. The molecule has 4 heterocycles. The Hall–Kier alpha value is -2.55. The second kappa shape index (κ2) is 7.36. The zero-order valence-electron chi connectivity index (χ0n) is 14.4. The van der Waals surface area contributed by atoms with E-state index in [1.54, 1.807) is 18.6 Å². The van der Waals surface area contributed by atoms with Crippen LogP contribution in [0.2, 0.25) is 0 Å². The Balaban J connectivity index is 1.39. The molecule has 0 radical (unpaired) electrons. The van der Waals surface area contributed by atoms with Crippen molar-refractivity contribution < 1.29 is 13.6 Å². The molecule has 1 saturated heterocycles. The van der Waals surface area contributed by atoms with E-state index in [9.17, 15) is 4.79 Å². The lowest BCUT2D eigenvalue weighted by atomic mass is 9.96. The van der Waals surface area contributed by atoms with Gasteiger partial charge in [0, 0.05) is 19.0 Å². The van der Waals surface area contributed by atoms with Crippen molar-refractivity contribution in [2.24, 2.45) is 0 Å². The van der Waals surface area contributed by atoms with Gasteiger partial charge in [-0.25, -0.2) is 0 Å². The minimum Gasteiger partial charge on any atom is -0.472 e. The van der Waals surface area contributed by atoms with Crippen LogP contribution < -0.4 is 0 Å². The quantitative estimate of drug-likeness (QED) is 0.677. The second-order valence-electron chi connectivity index (χ2n) is 6.32. The van der Waals surface area contributed by atoms with E-state index in [0.29, 0.717) is 29.7 Å². The first-order valence-electron chi connectivity index (χ1n) is 8.72. The topological polar surface area (TPSA) is 98.2 Å². The standard InChI is InChI=1S/C17H19N5O3S/c1-2-3-13-14(26-21-18-13)17(23)22-7-4-11(5-8-22)15-19-20-16(25-15)12-6-9-24-10-12/h6,9-11H,2-5,7-8H2,1H3. The van der Waals surface area contributed by atoms with Crippen molar-refractivity contribution in [3.8, 4) is 11.5 Å². The van der Waals surface area contributed by atoms with Gasteiger partial charge in [-0.2, -0.15) is 0 Å². The number of amides is 1. The Labute approximate surface area is 154 Å². The summed E-state index contributed by atoms with van der Waals surface area (Å²) in [7, 11) is 0. The third-order valence-electron chi connectivity index (χ3n) is 4.58. The number of nitrogens with zero attached hydrogens (tertiary/aromatic N) is 5. The number of hydrogen-bond donors (Lipinski definition) is 0. The highest BCUT2D eigenvalue weighted by molar-refractivity contribution is 7.08. The summed E-state index contributed by atoms with van der Waals surface area (Å²) < 4.78 is 14.8.